The van der Waals surface area contributed by atoms with Crippen LogP contribution in [0.4, 0.5) is 8.96 Å². The van der Waals surface area contributed by atoms with E-state index >= 15 is 0 Å². The number of nitrogens with two attached hydrogens (primary N) is 1. The number of halogens is 2. The molecule has 6 heteroatoms. The Morgan fingerprint density at radius 2 is 2.25 bits per heavy atom. The first-order valence-electron chi connectivity index (χ1n) is 3.52. The molecule has 0 rings (SSSR count). The van der Waals surface area contributed by atoms with Gasteiger partial charge in [0.1, 0.15) is 0 Å². The second-order valence-electron chi connectivity index (χ2n) is 2.23. The van der Waals surface area contributed by atoms with Crippen molar-refractivity contribution in [2.75, 3.05) is 13.7 Å². The van der Waals surface area contributed by atoms with E-state index in [2.05, 4.69) is 4.74 Å². The number of nitrogens with zero attached hydrogens (tertiary/aromatic N) is 1. The molecule has 0 aromatic carbocycles. The van der Waals surface area contributed by atoms with Crippen LogP contribution in [0.5, 0.6) is 0 Å². The first kappa shape index (κ1) is 11.2. The van der Waals surface area contributed by atoms with Gasteiger partial charge in [0, 0.05) is 5.34 Å². The van der Waals surface area contributed by atoms with Crippen molar-refractivity contribution in [1.82, 2.24) is 5.34 Å². The normalized spacial score (nSPS) is 13.1. The molecule has 2 N–H and O–H groups in total. The molecular formula is C6H12F2N2O2. The Hall–Kier alpha value is -0.750. The second-order valence-corrected chi connectivity index (χ2v) is 2.23. The highest BCUT2D eigenvalue weighted by Gasteiger charge is 2.26. The third-order valence-corrected chi connectivity index (χ3v) is 1.39. The Bertz CT molecular complexity index is 144. The second kappa shape index (κ2) is 5.84. The average molecular weight is 182 g/mol. The molecule has 0 aliphatic rings. The number of ether oxygens (including phenoxy) is 1. The highest BCUT2D eigenvalue weighted by molar-refractivity contribution is 5.75. The van der Waals surface area contributed by atoms with Gasteiger partial charge < -0.3 is 10.5 Å². The van der Waals surface area contributed by atoms with Crippen molar-refractivity contribution in [3.63, 3.8) is 0 Å². The molecule has 0 amide bonds. The van der Waals surface area contributed by atoms with E-state index in [1.807, 2.05) is 0 Å². The van der Waals surface area contributed by atoms with Gasteiger partial charge in [-0.15, -0.1) is 8.96 Å². The zero-order valence-corrected chi connectivity index (χ0v) is 6.80. The molecule has 0 saturated heterocycles. The molecule has 72 valence electrons. The predicted octanol–water partition coefficient (Wildman–Crippen LogP) is 0.338. The van der Waals surface area contributed by atoms with Gasteiger partial charge in [-0.2, -0.15) is 0 Å². The van der Waals surface area contributed by atoms with Gasteiger partial charge in [0.2, 0.25) is 0 Å². The number of methoxy groups -OCH3 is 1. The molecule has 12 heavy (non-hydrogen) atoms. The van der Waals surface area contributed by atoms with Crippen LogP contribution in [0.3, 0.4) is 0 Å². The van der Waals surface area contributed by atoms with Crippen molar-refractivity contribution in [3.05, 3.63) is 0 Å². The smallest absolute Gasteiger partial charge is 0.328 e. The number of hydrogen-bond acceptors (Lipinski definition) is 4. The molecule has 0 saturated carbocycles. The average Bonchev–Trinajstić information content (AvgIpc) is 2.04. The van der Waals surface area contributed by atoms with Crippen LogP contribution < -0.4 is 5.73 Å². The maximum Gasteiger partial charge on any atom is 0.328 e. The quantitative estimate of drug-likeness (QED) is 0.492. The van der Waals surface area contributed by atoms with E-state index in [0.29, 0.717) is 6.42 Å². The number of carbonyl (C=O) groups is 1. The predicted molar refractivity (Wildman–Crippen MR) is 38.1 cm³/mol. The van der Waals surface area contributed by atoms with Crippen LogP contribution >= 0.6 is 0 Å². The Labute approximate surface area is 69.1 Å². The topological polar surface area (TPSA) is 55.6 Å². The van der Waals surface area contributed by atoms with Crippen LogP contribution in [0.25, 0.3) is 0 Å². The monoisotopic (exact) mass is 182 g/mol. The molecule has 0 heterocycles. The van der Waals surface area contributed by atoms with Crippen molar-refractivity contribution in [1.29, 1.82) is 0 Å². The molecule has 0 unspecified atom stereocenters. The molecule has 1 atom stereocenters. The van der Waals surface area contributed by atoms with E-state index in [1.165, 1.54) is 0 Å². The number of carbonyl (C=O) groups excluding carboxylic acids is 1. The van der Waals surface area contributed by atoms with Gasteiger partial charge in [-0.3, -0.25) is 4.79 Å². The van der Waals surface area contributed by atoms with E-state index in [9.17, 15) is 13.8 Å². The summed E-state index contributed by atoms with van der Waals surface area (Å²) in [5, 5.41) is -1.15. The lowest BCUT2D eigenvalue weighted by Crippen LogP contribution is -2.32. The van der Waals surface area contributed by atoms with Gasteiger partial charge in [-0.25, -0.2) is 0 Å². The van der Waals surface area contributed by atoms with E-state index in [-0.39, 0.29) is 13.0 Å². The molecule has 0 aromatic heterocycles. The highest BCUT2D eigenvalue weighted by Crippen LogP contribution is 2.09. The zero-order chi connectivity index (χ0) is 9.56. The summed E-state index contributed by atoms with van der Waals surface area (Å²) in [7, 11) is 1.07. The molecule has 0 aliphatic carbocycles. The molecule has 4 nitrogen and oxygen atoms in total. The van der Waals surface area contributed by atoms with Crippen LogP contribution in [0.15, 0.2) is 0 Å². The van der Waals surface area contributed by atoms with Crippen molar-refractivity contribution in [2.45, 2.75) is 18.9 Å². The third-order valence-electron chi connectivity index (χ3n) is 1.39. The number of esters is 1. The fourth-order valence-electron chi connectivity index (χ4n) is 0.742. The summed E-state index contributed by atoms with van der Waals surface area (Å²) in [4.78, 5) is 10.7. The van der Waals surface area contributed by atoms with Crippen LogP contribution in [0.1, 0.15) is 12.8 Å². The minimum absolute atomic E-state index is 0.0101. The SMILES string of the molecule is COC(=O)[C@H](CCCN)N(F)F. The van der Waals surface area contributed by atoms with Gasteiger partial charge in [-0.1, -0.05) is 0 Å². The fourth-order valence-corrected chi connectivity index (χ4v) is 0.742. The summed E-state index contributed by atoms with van der Waals surface area (Å²) in [6, 6.07) is -1.49. The van der Waals surface area contributed by atoms with E-state index in [1.54, 1.807) is 0 Å². The van der Waals surface area contributed by atoms with E-state index < -0.39 is 17.4 Å². The fraction of sp³-hybridized carbons (Fsp3) is 0.833. The molecule has 0 spiro atoms. The first-order valence-corrected chi connectivity index (χ1v) is 3.52. The summed E-state index contributed by atoms with van der Waals surface area (Å²) >= 11 is 0. The van der Waals surface area contributed by atoms with Gasteiger partial charge in [0.05, 0.1) is 7.11 Å². The van der Waals surface area contributed by atoms with Crippen molar-refractivity contribution in [2.24, 2.45) is 5.73 Å². The Morgan fingerprint density at radius 3 is 2.58 bits per heavy atom. The Morgan fingerprint density at radius 1 is 1.67 bits per heavy atom. The van der Waals surface area contributed by atoms with Gasteiger partial charge in [0.25, 0.3) is 0 Å². The first-order chi connectivity index (χ1) is 5.63. The van der Waals surface area contributed by atoms with Crippen LogP contribution in [-0.2, 0) is 9.53 Å². The molecule has 0 bridgehead atoms. The lowest BCUT2D eigenvalue weighted by Gasteiger charge is -2.12. The van der Waals surface area contributed by atoms with Gasteiger partial charge >= 0.3 is 5.97 Å². The molecule has 0 fully saturated rings. The largest absolute Gasteiger partial charge is 0.468 e. The number of rotatable bonds is 5. The summed E-state index contributed by atoms with van der Waals surface area (Å²) in [6.45, 7) is 0.279. The zero-order valence-electron chi connectivity index (χ0n) is 6.80. The van der Waals surface area contributed by atoms with Crippen molar-refractivity contribution < 1.29 is 18.5 Å². The highest BCUT2D eigenvalue weighted by atomic mass is 19.4. The maximum atomic E-state index is 12.0. The van der Waals surface area contributed by atoms with Gasteiger partial charge in [0.15, 0.2) is 6.04 Å². The number of hydrogen-bond donors (Lipinski definition) is 1. The van der Waals surface area contributed by atoms with E-state index in [4.69, 9.17) is 5.73 Å². The summed E-state index contributed by atoms with van der Waals surface area (Å²) in [5.41, 5.74) is 5.10. The molecular weight excluding hydrogens is 170 g/mol. The minimum Gasteiger partial charge on any atom is -0.468 e. The standard InChI is InChI=1S/C6H12F2N2O2/c1-12-6(11)5(10(7)8)3-2-4-9/h5H,2-4,9H2,1H3/t5-/m0/s1. The summed E-state index contributed by atoms with van der Waals surface area (Å²) < 4.78 is 28.1. The Balaban J connectivity index is 3.95. The van der Waals surface area contributed by atoms with Crippen LogP contribution in [0, 0.1) is 0 Å². The summed E-state index contributed by atoms with van der Waals surface area (Å²) in [6.07, 6.45) is 0.375. The minimum atomic E-state index is -1.49. The Kier molecular flexibility index (Phi) is 5.48. The molecule has 0 radical (unpaired) electrons. The van der Waals surface area contributed by atoms with Crippen LogP contribution in [0.2, 0.25) is 0 Å². The van der Waals surface area contributed by atoms with Crippen LogP contribution in [-0.4, -0.2) is 31.0 Å². The van der Waals surface area contributed by atoms with E-state index in [0.717, 1.165) is 7.11 Å². The lowest BCUT2D eigenvalue weighted by molar-refractivity contribution is -0.204. The van der Waals surface area contributed by atoms with Crippen molar-refractivity contribution >= 4 is 5.97 Å². The lowest BCUT2D eigenvalue weighted by atomic mass is 10.2. The van der Waals surface area contributed by atoms with Crippen molar-refractivity contribution in [3.8, 4) is 0 Å². The third kappa shape index (κ3) is 3.59. The molecule has 0 aliphatic heterocycles. The van der Waals surface area contributed by atoms with Gasteiger partial charge in [-0.05, 0) is 19.4 Å². The molecule has 0 aromatic rings. The summed E-state index contributed by atoms with van der Waals surface area (Å²) in [5.74, 6) is -0.937. The maximum absolute atomic E-state index is 12.0.